The van der Waals surface area contributed by atoms with Gasteiger partial charge in [-0.05, 0) is 130 Å². The van der Waals surface area contributed by atoms with E-state index in [9.17, 15) is 15.0 Å². The number of carbonyl (C=O) groups is 1. The van der Waals surface area contributed by atoms with Gasteiger partial charge in [-0.2, -0.15) is 0 Å². The van der Waals surface area contributed by atoms with E-state index in [1.807, 2.05) is 6.92 Å². The zero-order valence-corrected chi connectivity index (χ0v) is 25.9. The van der Waals surface area contributed by atoms with E-state index in [2.05, 4.69) is 62.1 Å². The van der Waals surface area contributed by atoms with Gasteiger partial charge in [0, 0.05) is 17.5 Å². The lowest BCUT2D eigenvalue weighted by Crippen LogP contribution is -2.51. The van der Waals surface area contributed by atoms with Crippen molar-refractivity contribution in [3.8, 4) is 5.75 Å². The number of rotatable bonds is 7. The Kier molecular flexibility index (Phi) is 7.87. The third kappa shape index (κ3) is 4.82. The van der Waals surface area contributed by atoms with Crippen LogP contribution in [0.25, 0.3) is 0 Å². The average Bonchev–Trinajstić information content (AvgIpc) is 3.37. The van der Waals surface area contributed by atoms with Crippen molar-refractivity contribution >= 4 is 54.2 Å². The zero-order chi connectivity index (χ0) is 26.5. The second kappa shape index (κ2) is 10.5. The van der Waals surface area contributed by atoms with Gasteiger partial charge in [0.15, 0.2) is 5.13 Å². The molecule has 2 aromatic rings. The van der Waals surface area contributed by atoms with Gasteiger partial charge in [-0.15, -0.1) is 11.3 Å². The molecule has 3 aliphatic rings. The van der Waals surface area contributed by atoms with Crippen molar-refractivity contribution in [1.29, 1.82) is 0 Å². The molecule has 0 bridgehead atoms. The van der Waals surface area contributed by atoms with Gasteiger partial charge in [0.1, 0.15) is 5.75 Å². The van der Waals surface area contributed by atoms with Crippen LogP contribution in [0.15, 0.2) is 21.2 Å². The van der Waals surface area contributed by atoms with E-state index in [0.29, 0.717) is 35.2 Å². The number of thiazole rings is 1. The van der Waals surface area contributed by atoms with E-state index in [1.165, 1.54) is 22.5 Å². The minimum atomic E-state index is -0.678. The molecule has 6 atom stereocenters. The number of aliphatic hydroxyl groups is 1. The maximum atomic E-state index is 12.9. The SMILES string of the molecule is CCCCC1(O)CC(CCC(=O)Nc2ncc(C)s2)C2C3CCc4c(cc(Br)c(O)c4Br)C3CCC21C. The first-order chi connectivity index (χ1) is 17.6. The lowest BCUT2D eigenvalue weighted by Gasteiger charge is -2.54. The molecule has 1 heterocycles. The molecule has 2 saturated carbocycles. The van der Waals surface area contributed by atoms with Gasteiger partial charge in [0.25, 0.3) is 0 Å². The standard InChI is InChI=1S/C29H38Br2N2O3S/c1-4-5-11-29(36)14-17(6-9-23(34)33-27-32-15-16(2)37-27)24-19-7-8-20-21(13-22(30)26(35)25(20)31)18(19)10-12-28(24,29)3/h13,15,17-19,24,35-36H,4-12,14H2,1-3H3,(H,32,33,34). The normalized spacial score (nSPS) is 32.5. The summed E-state index contributed by atoms with van der Waals surface area (Å²) in [4.78, 5) is 18.2. The number of hydrogen-bond donors (Lipinski definition) is 3. The molecule has 1 aromatic carbocycles. The summed E-state index contributed by atoms with van der Waals surface area (Å²) in [5.74, 6) is 1.88. The van der Waals surface area contributed by atoms with Gasteiger partial charge in [-0.1, -0.05) is 26.7 Å². The lowest BCUT2D eigenvalue weighted by atomic mass is 9.51. The number of halogens is 2. The summed E-state index contributed by atoms with van der Waals surface area (Å²) < 4.78 is 1.56. The topological polar surface area (TPSA) is 82.5 Å². The Morgan fingerprint density at radius 2 is 2.11 bits per heavy atom. The number of hydrogen-bond acceptors (Lipinski definition) is 5. The van der Waals surface area contributed by atoms with Gasteiger partial charge < -0.3 is 15.5 Å². The summed E-state index contributed by atoms with van der Waals surface area (Å²) in [6.45, 7) is 6.53. The number of amides is 1. The molecular weight excluding hydrogens is 616 g/mol. The van der Waals surface area contributed by atoms with E-state index in [0.717, 1.165) is 71.6 Å². The highest BCUT2D eigenvalue weighted by Gasteiger charge is 2.64. The number of fused-ring (bicyclic) bond motifs is 5. The van der Waals surface area contributed by atoms with Crippen LogP contribution in [0.1, 0.15) is 93.6 Å². The molecule has 5 nitrogen and oxygen atoms in total. The van der Waals surface area contributed by atoms with Gasteiger partial charge in [-0.3, -0.25) is 4.79 Å². The maximum absolute atomic E-state index is 12.9. The Bertz CT molecular complexity index is 1190. The number of anilines is 1. The molecular formula is C29H38Br2N2O3S. The number of nitrogens with zero attached hydrogens (tertiary/aromatic N) is 1. The Balaban J connectivity index is 1.42. The van der Waals surface area contributed by atoms with Crippen LogP contribution >= 0.6 is 43.2 Å². The summed E-state index contributed by atoms with van der Waals surface area (Å²) in [6, 6.07) is 2.13. The Hall–Kier alpha value is -0.960. The van der Waals surface area contributed by atoms with Crippen molar-refractivity contribution < 1.29 is 15.0 Å². The molecule has 0 spiro atoms. The molecule has 3 aliphatic carbocycles. The number of unbranched alkanes of at least 4 members (excludes halogenated alkanes) is 1. The number of nitrogens with one attached hydrogen (secondary N) is 1. The molecule has 37 heavy (non-hydrogen) atoms. The molecule has 8 heteroatoms. The summed E-state index contributed by atoms with van der Waals surface area (Å²) in [5.41, 5.74) is 1.76. The van der Waals surface area contributed by atoms with E-state index in [1.54, 1.807) is 6.20 Å². The number of aromatic hydroxyl groups is 1. The van der Waals surface area contributed by atoms with Crippen LogP contribution in [0.5, 0.6) is 5.75 Å². The fourth-order valence-corrected chi connectivity index (χ4v) is 10.2. The highest BCUT2D eigenvalue weighted by Crippen LogP contribution is 2.68. The molecule has 3 N–H and O–H groups in total. The predicted molar refractivity (Wildman–Crippen MR) is 156 cm³/mol. The monoisotopic (exact) mass is 652 g/mol. The van der Waals surface area contributed by atoms with E-state index in [-0.39, 0.29) is 17.1 Å². The van der Waals surface area contributed by atoms with Crippen LogP contribution in [0.3, 0.4) is 0 Å². The Labute approximate surface area is 241 Å². The molecule has 0 saturated heterocycles. The molecule has 2 fully saturated rings. The second-order valence-corrected chi connectivity index (χ2v) is 14.7. The second-order valence-electron chi connectivity index (χ2n) is 11.8. The summed E-state index contributed by atoms with van der Waals surface area (Å²) in [5, 5.41) is 26.4. The third-order valence-electron chi connectivity index (χ3n) is 9.87. The van der Waals surface area contributed by atoms with Gasteiger partial charge in [0.2, 0.25) is 5.91 Å². The number of phenols is 1. The van der Waals surface area contributed by atoms with Gasteiger partial charge >= 0.3 is 0 Å². The third-order valence-corrected chi connectivity index (χ3v) is 12.2. The van der Waals surface area contributed by atoms with Crippen molar-refractivity contribution in [3.05, 3.63) is 37.2 Å². The molecule has 5 rings (SSSR count). The van der Waals surface area contributed by atoms with E-state index < -0.39 is 5.60 Å². The molecule has 1 aromatic heterocycles. The summed E-state index contributed by atoms with van der Waals surface area (Å²) in [7, 11) is 0. The highest BCUT2D eigenvalue weighted by atomic mass is 79.9. The first-order valence-corrected chi connectivity index (χ1v) is 16.1. The molecule has 0 aliphatic heterocycles. The number of benzene rings is 1. The fraction of sp³-hybridized carbons (Fsp3) is 0.655. The van der Waals surface area contributed by atoms with Crippen molar-refractivity contribution in [3.63, 3.8) is 0 Å². The zero-order valence-electron chi connectivity index (χ0n) is 21.9. The van der Waals surface area contributed by atoms with Crippen LogP contribution in [0.4, 0.5) is 5.13 Å². The number of aromatic nitrogens is 1. The maximum Gasteiger partial charge on any atom is 0.226 e. The summed E-state index contributed by atoms with van der Waals surface area (Å²) in [6.07, 6.45) is 10.8. The largest absolute Gasteiger partial charge is 0.506 e. The van der Waals surface area contributed by atoms with Crippen LogP contribution < -0.4 is 5.32 Å². The van der Waals surface area contributed by atoms with Gasteiger partial charge in [-0.25, -0.2) is 4.98 Å². The van der Waals surface area contributed by atoms with Crippen molar-refractivity contribution in [2.45, 2.75) is 96.5 Å². The quantitative estimate of drug-likeness (QED) is 0.282. The minimum absolute atomic E-state index is 0.0183. The van der Waals surface area contributed by atoms with Crippen LogP contribution in [-0.4, -0.2) is 26.7 Å². The van der Waals surface area contributed by atoms with Crippen molar-refractivity contribution in [1.82, 2.24) is 4.98 Å². The fourth-order valence-electron chi connectivity index (χ4n) is 8.14. The predicted octanol–water partition coefficient (Wildman–Crippen LogP) is 8.10. The average molecular weight is 655 g/mol. The van der Waals surface area contributed by atoms with E-state index in [4.69, 9.17) is 0 Å². The Morgan fingerprint density at radius 3 is 2.81 bits per heavy atom. The molecule has 0 radical (unpaired) electrons. The number of aryl methyl sites for hydroxylation is 1. The lowest BCUT2D eigenvalue weighted by molar-refractivity contribution is -0.116. The number of carbonyl (C=O) groups excluding carboxylic acids is 1. The molecule has 202 valence electrons. The van der Waals surface area contributed by atoms with Crippen LogP contribution in [0.2, 0.25) is 0 Å². The Morgan fingerprint density at radius 1 is 1.32 bits per heavy atom. The molecule has 6 unspecified atom stereocenters. The smallest absolute Gasteiger partial charge is 0.226 e. The van der Waals surface area contributed by atoms with Crippen molar-refractivity contribution in [2.24, 2.45) is 23.2 Å². The highest BCUT2D eigenvalue weighted by molar-refractivity contribution is 9.11. The van der Waals surface area contributed by atoms with E-state index >= 15 is 0 Å². The van der Waals surface area contributed by atoms with Crippen molar-refractivity contribution in [2.75, 3.05) is 5.32 Å². The summed E-state index contributed by atoms with van der Waals surface area (Å²) >= 11 is 8.73. The van der Waals surface area contributed by atoms with Gasteiger partial charge in [0.05, 0.1) is 14.5 Å². The van der Waals surface area contributed by atoms with Crippen LogP contribution in [-0.2, 0) is 11.2 Å². The first-order valence-electron chi connectivity index (χ1n) is 13.7. The number of phenolic OH excluding ortho intramolecular Hbond substituents is 1. The molecule has 1 amide bonds. The van der Waals surface area contributed by atoms with Crippen LogP contribution in [0, 0.1) is 30.1 Å². The minimum Gasteiger partial charge on any atom is -0.506 e. The first kappa shape index (κ1) is 27.6.